The van der Waals surface area contributed by atoms with Gasteiger partial charge in [-0.2, -0.15) is 0 Å². The highest BCUT2D eigenvalue weighted by Crippen LogP contribution is 2.02. The molecule has 0 radical (unpaired) electrons. The van der Waals surface area contributed by atoms with Crippen LogP contribution in [0.15, 0.2) is 24.5 Å². The molecular weight excluding hydrogens is 234 g/mol. The Labute approximate surface area is 118 Å². The Morgan fingerprint density at radius 3 is 2.53 bits per heavy atom. The topological polar surface area (TPSA) is 28.2 Å². The smallest absolute Gasteiger partial charge is 0.0270 e. The summed E-state index contributed by atoms with van der Waals surface area (Å²) in [6, 6.07) is 4.77. The van der Waals surface area contributed by atoms with E-state index in [0.29, 0.717) is 6.04 Å². The zero-order chi connectivity index (χ0) is 14.1. The van der Waals surface area contributed by atoms with E-state index in [2.05, 4.69) is 55.2 Å². The van der Waals surface area contributed by atoms with Crippen LogP contribution in [0.25, 0.3) is 0 Å². The Bertz CT molecular complexity index is 324. The molecule has 0 aliphatic rings. The van der Waals surface area contributed by atoms with Crippen molar-refractivity contribution in [2.24, 2.45) is 5.92 Å². The second kappa shape index (κ2) is 9.05. The number of hydrogen-bond donors (Lipinski definition) is 1. The van der Waals surface area contributed by atoms with Crippen molar-refractivity contribution in [1.82, 2.24) is 15.2 Å². The molecule has 3 heteroatoms. The van der Waals surface area contributed by atoms with Gasteiger partial charge in [-0.05, 0) is 57.0 Å². The quantitative estimate of drug-likeness (QED) is 0.694. The van der Waals surface area contributed by atoms with Gasteiger partial charge in [-0.25, -0.2) is 0 Å². The first-order valence-electron chi connectivity index (χ1n) is 7.39. The van der Waals surface area contributed by atoms with Gasteiger partial charge >= 0.3 is 0 Å². The standard InChI is InChI=1S/C16H29N3/c1-14(2)5-9-18-13-15(3)19(4)12-8-16-6-10-17-11-7-16/h6-7,10-11,14-15,18H,5,8-9,12-13H2,1-4H3. The van der Waals surface area contributed by atoms with Gasteiger partial charge in [0.25, 0.3) is 0 Å². The van der Waals surface area contributed by atoms with E-state index in [1.54, 1.807) is 0 Å². The van der Waals surface area contributed by atoms with E-state index < -0.39 is 0 Å². The average molecular weight is 263 g/mol. The number of likely N-dealkylation sites (N-methyl/N-ethyl adjacent to an activating group) is 1. The average Bonchev–Trinajstić information content (AvgIpc) is 2.41. The fraction of sp³-hybridized carbons (Fsp3) is 0.688. The summed E-state index contributed by atoms with van der Waals surface area (Å²) in [6.45, 7) is 10.1. The van der Waals surface area contributed by atoms with Crippen molar-refractivity contribution >= 4 is 0 Å². The van der Waals surface area contributed by atoms with Crippen LogP contribution >= 0.6 is 0 Å². The minimum atomic E-state index is 0.578. The van der Waals surface area contributed by atoms with Crippen LogP contribution in [-0.2, 0) is 6.42 Å². The van der Waals surface area contributed by atoms with Gasteiger partial charge in [0, 0.05) is 31.5 Å². The Balaban J connectivity index is 2.16. The summed E-state index contributed by atoms with van der Waals surface area (Å²) >= 11 is 0. The van der Waals surface area contributed by atoms with Crippen molar-refractivity contribution in [2.75, 3.05) is 26.7 Å². The highest BCUT2D eigenvalue weighted by atomic mass is 15.1. The normalized spacial score (nSPS) is 13.2. The van der Waals surface area contributed by atoms with E-state index >= 15 is 0 Å². The van der Waals surface area contributed by atoms with Crippen LogP contribution in [0.4, 0.5) is 0 Å². The number of rotatable bonds is 9. The molecule has 3 nitrogen and oxygen atoms in total. The number of pyridine rings is 1. The van der Waals surface area contributed by atoms with Gasteiger partial charge in [0.1, 0.15) is 0 Å². The van der Waals surface area contributed by atoms with E-state index in [1.165, 1.54) is 12.0 Å². The molecule has 1 rings (SSSR count). The molecule has 1 aromatic heterocycles. The second-order valence-corrected chi connectivity index (χ2v) is 5.82. The van der Waals surface area contributed by atoms with Crippen LogP contribution in [0.5, 0.6) is 0 Å². The summed E-state index contributed by atoms with van der Waals surface area (Å²) in [5.74, 6) is 0.784. The second-order valence-electron chi connectivity index (χ2n) is 5.82. The van der Waals surface area contributed by atoms with Crippen LogP contribution in [0.3, 0.4) is 0 Å². The molecule has 19 heavy (non-hydrogen) atoms. The Morgan fingerprint density at radius 2 is 1.89 bits per heavy atom. The molecule has 108 valence electrons. The van der Waals surface area contributed by atoms with E-state index in [-0.39, 0.29) is 0 Å². The molecule has 0 amide bonds. The first-order valence-corrected chi connectivity index (χ1v) is 7.39. The van der Waals surface area contributed by atoms with Crippen molar-refractivity contribution in [1.29, 1.82) is 0 Å². The summed E-state index contributed by atoms with van der Waals surface area (Å²) in [5, 5.41) is 3.54. The van der Waals surface area contributed by atoms with Crippen LogP contribution in [0, 0.1) is 5.92 Å². The van der Waals surface area contributed by atoms with Crippen molar-refractivity contribution in [3.63, 3.8) is 0 Å². The zero-order valence-electron chi connectivity index (χ0n) is 12.9. The Morgan fingerprint density at radius 1 is 1.21 bits per heavy atom. The van der Waals surface area contributed by atoms with Gasteiger partial charge in [0.2, 0.25) is 0 Å². The summed E-state index contributed by atoms with van der Waals surface area (Å²) < 4.78 is 0. The first-order chi connectivity index (χ1) is 9.09. The molecule has 0 aliphatic heterocycles. The maximum absolute atomic E-state index is 4.05. The predicted molar refractivity (Wildman–Crippen MR) is 82.4 cm³/mol. The monoisotopic (exact) mass is 263 g/mol. The summed E-state index contributed by atoms with van der Waals surface area (Å²) in [4.78, 5) is 6.47. The lowest BCUT2D eigenvalue weighted by atomic mass is 10.1. The molecule has 0 saturated carbocycles. The molecule has 0 spiro atoms. The third kappa shape index (κ3) is 7.28. The fourth-order valence-electron chi connectivity index (χ4n) is 1.93. The lowest BCUT2D eigenvalue weighted by molar-refractivity contribution is 0.253. The lowest BCUT2D eigenvalue weighted by Crippen LogP contribution is -2.39. The van der Waals surface area contributed by atoms with Gasteiger partial charge in [0.15, 0.2) is 0 Å². The highest BCUT2D eigenvalue weighted by Gasteiger charge is 2.08. The number of aromatic nitrogens is 1. The van der Waals surface area contributed by atoms with Crippen molar-refractivity contribution in [3.8, 4) is 0 Å². The molecule has 0 fully saturated rings. The number of nitrogens with zero attached hydrogens (tertiary/aromatic N) is 2. The molecule has 1 unspecified atom stereocenters. The molecule has 1 N–H and O–H groups in total. The van der Waals surface area contributed by atoms with E-state index in [9.17, 15) is 0 Å². The van der Waals surface area contributed by atoms with Crippen molar-refractivity contribution in [3.05, 3.63) is 30.1 Å². The molecule has 0 aromatic carbocycles. The Hall–Kier alpha value is -0.930. The van der Waals surface area contributed by atoms with Gasteiger partial charge in [0.05, 0.1) is 0 Å². The highest BCUT2D eigenvalue weighted by molar-refractivity contribution is 5.09. The lowest BCUT2D eigenvalue weighted by Gasteiger charge is -2.25. The molecule has 1 atom stereocenters. The third-order valence-electron chi connectivity index (χ3n) is 3.59. The maximum atomic E-state index is 4.05. The molecule has 1 aromatic rings. The van der Waals surface area contributed by atoms with Crippen molar-refractivity contribution in [2.45, 2.75) is 39.7 Å². The third-order valence-corrected chi connectivity index (χ3v) is 3.59. The van der Waals surface area contributed by atoms with Crippen LogP contribution < -0.4 is 5.32 Å². The zero-order valence-corrected chi connectivity index (χ0v) is 12.9. The van der Waals surface area contributed by atoms with Crippen LogP contribution in [-0.4, -0.2) is 42.6 Å². The molecule has 1 heterocycles. The molecule has 0 bridgehead atoms. The van der Waals surface area contributed by atoms with Gasteiger partial charge in [-0.3, -0.25) is 4.98 Å². The van der Waals surface area contributed by atoms with Crippen LogP contribution in [0.1, 0.15) is 32.8 Å². The number of nitrogens with one attached hydrogen (secondary N) is 1. The van der Waals surface area contributed by atoms with E-state index in [0.717, 1.165) is 32.0 Å². The largest absolute Gasteiger partial charge is 0.315 e. The van der Waals surface area contributed by atoms with Gasteiger partial charge in [-0.15, -0.1) is 0 Å². The minimum Gasteiger partial charge on any atom is -0.315 e. The first kappa shape index (κ1) is 16.1. The molecular formula is C16H29N3. The predicted octanol–water partition coefficient (Wildman–Crippen LogP) is 2.58. The Kier molecular flexibility index (Phi) is 7.68. The van der Waals surface area contributed by atoms with Crippen LogP contribution in [0.2, 0.25) is 0 Å². The minimum absolute atomic E-state index is 0.578. The van der Waals surface area contributed by atoms with Gasteiger partial charge < -0.3 is 10.2 Å². The van der Waals surface area contributed by atoms with Gasteiger partial charge in [-0.1, -0.05) is 13.8 Å². The molecule has 0 aliphatic carbocycles. The molecule has 0 saturated heterocycles. The fourth-order valence-corrected chi connectivity index (χ4v) is 1.93. The summed E-state index contributed by atoms with van der Waals surface area (Å²) in [5.41, 5.74) is 1.36. The summed E-state index contributed by atoms with van der Waals surface area (Å²) in [6.07, 6.45) is 6.08. The summed E-state index contributed by atoms with van der Waals surface area (Å²) in [7, 11) is 2.20. The van der Waals surface area contributed by atoms with E-state index in [4.69, 9.17) is 0 Å². The van der Waals surface area contributed by atoms with E-state index in [1.807, 2.05) is 12.4 Å². The maximum Gasteiger partial charge on any atom is 0.0270 e. The van der Waals surface area contributed by atoms with Crippen molar-refractivity contribution < 1.29 is 0 Å². The number of hydrogen-bond acceptors (Lipinski definition) is 3. The SMILES string of the molecule is CC(C)CCNCC(C)N(C)CCc1ccncc1.